The molecule has 4 atom stereocenters. The van der Waals surface area contributed by atoms with Crippen LogP contribution in [0.4, 0.5) is 0 Å². The Morgan fingerprint density at radius 2 is 1.96 bits per heavy atom. The Bertz CT molecular complexity index is 539. The van der Waals surface area contributed by atoms with Gasteiger partial charge in [-0.3, -0.25) is 14.4 Å². The topological polar surface area (TPSA) is 91.4 Å². The molecule has 0 spiro atoms. The second kappa shape index (κ2) is 11.5. The average molecular weight is 399 g/mol. The van der Waals surface area contributed by atoms with Crippen molar-refractivity contribution in [1.82, 2.24) is 4.90 Å². The number of methoxy groups -OCH3 is 2. The molecule has 1 unspecified atom stereocenters. The summed E-state index contributed by atoms with van der Waals surface area (Å²) in [5.74, 6) is -0.969. The van der Waals surface area contributed by atoms with Crippen LogP contribution in [0.5, 0.6) is 0 Å². The largest absolute Gasteiger partial charge is 0.469 e. The first kappa shape index (κ1) is 22.8. The van der Waals surface area contributed by atoms with Gasteiger partial charge >= 0.3 is 5.97 Å². The number of fused-ring (bicyclic) bond motifs is 1. The summed E-state index contributed by atoms with van der Waals surface area (Å²) in [6, 6.07) is -0.388. The first-order chi connectivity index (χ1) is 13.5. The molecule has 8 nitrogen and oxygen atoms in total. The fraction of sp³-hybridized carbons (Fsp3) is 0.850. The lowest BCUT2D eigenvalue weighted by Crippen LogP contribution is -2.57. The van der Waals surface area contributed by atoms with Crippen LogP contribution in [0, 0.1) is 5.92 Å². The number of Topliss-reactive ketones (excluding diaryl/α,β-unsaturated/α-hetero) is 1. The quantitative estimate of drug-likeness (QED) is 0.314. The summed E-state index contributed by atoms with van der Waals surface area (Å²) >= 11 is 0. The number of hydrogen-bond acceptors (Lipinski definition) is 7. The number of carbonyl (C=O) groups excluding carboxylic acids is 3. The number of amides is 1. The van der Waals surface area contributed by atoms with Crippen molar-refractivity contribution in [2.24, 2.45) is 5.92 Å². The minimum atomic E-state index is -0.503. The number of ketones is 1. The molecule has 160 valence electrons. The lowest BCUT2D eigenvalue weighted by Gasteiger charge is -2.46. The number of hydrogen-bond donors (Lipinski definition) is 0. The maximum absolute atomic E-state index is 12.9. The van der Waals surface area contributed by atoms with E-state index in [1.807, 2.05) is 11.8 Å². The van der Waals surface area contributed by atoms with Gasteiger partial charge in [-0.1, -0.05) is 6.92 Å². The SMILES string of the molecule is CC[C@@H](OCOCCOC)[C@H]1CCC[C@H]2C(CC(=O)OC)C(=O)CCC(=O)N12. The van der Waals surface area contributed by atoms with E-state index in [1.54, 1.807) is 7.11 Å². The highest BCUT2D eigenvalue weighted by Crippen LogP contribution is 2.36. The Morgan fingerprint density at radius 3 is 2.64 bits per heavy atom. The van der Waals surface area contributed by atoms with E-state index < -0.39 is 11.9 Å². The van der Waals surface area contributed by atoms with Gasteiger partial charge in [0.15, 0.2) is 0 Å². The van der Waals surface area contributed by atoms with Crippen LogP contribution in [0.15, 0.2) is 0 Å². The highest BCUT2D eigenvalue weighted by atomic mass is 16.7. The van der Waals surface area contributed by atoms with Gasteiger partial charge in [0.05, 0.1) is 38.9 Å². The second-order valence-electron chi connectivity index (χ2n) is 7.35. The van der Waals surface area contributed by atoms with Crippen LogP contribution in [-0.4, -0.2) is 75.0 Å². The first-order valence-corrected chi connectivity index (χ1v) is 10.1. The maximum atomic E-state index is 12.9. The molecule has 0 N–H and O–H groups in total. The smallest absolute Gasteiger partial charge is 0.306 e. The van der Waals surface area contributed by atoms with Crippen molar-refractivity contribution in [1.29, 1.82) is 0 Å². The number of nitrogens with zero attached hydrogens (tertiary/aromatic N) is 1. The zero-order chi connectivity index (χ0) is 20.5. The van der Waals surface area contributed by atoms with Gasteiger partial charge in [-0.15, -0.1) is 0 Å². The Morgan fingerprint density at radius 1 is 1.18 bits per heavy atom. The Balaban J connectivity index is 2.13. The minimum absolute atomic E-state index is 0.0221. The molecular weight excluding hydrogens is 366 g/mol. The van der Waals surface area contributed by atoms with Gasteiger partial charge in [0.2, 0.25) is 5.91 Å². The Kier molecular flexibility index (Phi) is 9.34. The maximum Gasteiger partial charge on any atom is 0.306 e. The van der Waals surface area contributed by atoms with Crippen LogP contribution in [0.2, 0.25) is 0 Å². The van der Waals surface area contributed by atoms with E-state index in [9.17, 15) is 14.4 Å². The summed E-state index contributed by atoms with van der Waals surface area (Å²) in [6.07, 6.45) is 3.35. The Labute approximate surface area is 166 Å². The van der Waals surface area contributed by atoms with E-state index in [2.05, 4.69) is 0 Å². The van der Waals surface area contributed by atoms with Crippen molar-refractivity contribution in [3.8, 4) is 0 Å². The monoisotopic (exact) mass is 399 g/mol. The van der Waals surface area contributed by atoms with E-state index in [-0.39, 0.29) is 55.9 Å². The molecule has 2 aliphatic heterocycles. The highest BCUT2D eigenvalue weighted by Gasteiger charge is 2.46. The van der Waals surface area contributed by atoms with Crippen molar-refractivity contribution in [2.45, 2.75) is 70.1 Å². The third-order valence-corrected chi connectivity index (χ3v) is 5.71. The third-order valence-electron chi connectivity index (χ3n) is 5.71. The second-order valence-corrected chi connectivity index (χ2v) is 7.35. The summed E-state index contributed by atoms with van der Waals surface area (Å²) in [7, 11) is 2.93. The van der Waals surface area contributed by atoms with E-state index in [4.69, 9.17) is 18.9 Å². The van der Waals surface area contributed by atoms with E-state index >= 15 is 0 Å². The molecule has 0 aromatic carbocycles. The summed E-state index contributed by atoms with van der Waals surface area (Å²) in [5.41, 5.74) is 0. The molecule has 0 aromatic heterocycles. The fourth-order valence-corrected chi connectivity index (χ4v) is 4.30. The molecule has 2 fully saturated rings. The van der Waals surface area contributed by atoms with Gasteiger partial charge in [-0.2, -0.15) is 0 Å². The van der Waals surface area contributed by atoms with Gasteiger partial charge < -0.3 is 23.8 Å². The number of rotatable bonds is 10. The van der Waals surface area contributed by atoms with Crippen molar-refractivity contribution >= 4 is 17.7 Å². The number of carbonyl (C=O) groups is 3. The van der Waals surface area contributed by atoms with Crippen molar-refractivity contribution in [3.05, 3.63) is 0 Å². The van der Waals surface area contributed by atoms with Crippen molar-refractivity contribution < 1.29 is 33.3 Å². The highest BCUT2D eigenvalue weighted by molar-refractivity contribution is 5.92. The molecule has 2 aliphatic rings. The molecule has 2 heterocycles. The van der Waals surface area contributed by atoms with Gasteiger partial charge in [-0.25, -0.2) is 0 Å². The van der Waals surface area contributed by atoms with Crippen molar-refractivity contribution in [2.75, 3.05) is 34.2 Å². The van der Waals surface area contributed by atoms with Crippen molar-refractivity contribution in [3.63, 3.8) is 0 Å². The number of ether oxygens (including phenoxy) is 4. The van der Waals surface area contributed by atoms with Crippen LogP contribution in [0.25, 0.3) is 0 Å². The molecule has 0 aromatic rings. The van der Waals surface area contributed by atoms with E-state index in [1.165, 1.54) is 7.11 Å². The summed E-state index contributed by atoms with van der Waals surface area (Å²) in [5, 5.41) is 0. The lowest BCUT2D eigenvalue weighted by molar-refractivity contribution is -0.158. The van der Waals surface area contributed by atoms with Crippen LogP contribution in [0.1, 0.15) is 51.9 Å². The number of esters is 1. The minimum Gasteiger partial charge on any atom is -0.469 e. The fourth-order valence-electron chi connectivity index (χ4n) is 4.30. The van der Waals surface area contributed by atoms with E-state index in [0.29, 0.717) is 13.2 Å². The standard InChI is InChI=1S/C20H33NO7/c1-4-18(28-13-27-11-10-25-2)16-7-5-6-15-14(12-20(24)26-3)17(22)8-9-19(23)21(15)16/h14-16,18H,4-13H2,1-3H3/t14?,15-,16+,18+/m0/s1. The zero-order valence-electron chi connectivity index (χ0n) is 17.2. The molecule has 2 rings (SSSR count). The molecular formula is C20H33NO7. The molecule has 28 heavy (non-hydrogen) atoms. The first-order valence-electron chi connectivity index (χ1n) is 10.1. The summed E-state index contributed by atoms with van der Waals surface area (Å²) < 4.78 is 21.1. The van der Waals surface area contributed by atoms with Gasteiger partial charge in [0.25, 0.3) is 0 Å². The molecule has 0 saturated carbocycles. The summed E-state index contributed by atoms with van der Waals surface area (Å²) in [6.45, 7) is 3.09. The van der Waals surface area contributed by atoms with E-state index in [0.717, 1.165) is 25.7 Å². The lowest BCUT2D eigenvalue weighted by atomic mass is 9.82. The van der Waals surface area contributed by atoms with Gasteiger partial charge in [0, 0.05) is 31.9 Å². The molecule has 0 bridgehead atoms. The van der Waals surface area contributed by atoms with Gasteiger partial charge in [0.1, 0.15) is 12.6 Å². The number of piperidine rings is 1. The van der Waals surface area contributed by atoms with Crippen LogP contribution < -0.4 is 0 Å². The average Bonchev–Trinajstić information content (AvgIpc) is 2.82. The van der Waals surface area contributed by atoms with Crippen LogP contribution in [-0.2, 0) is 33.3 Å². The molecule has 1 amide bonds. The van der Waals surface area contributed by atoms with Crippen LogP contribution in [0.3, 0.4) is 0 Å². The Hall–Kier alpha value is -1.51. The predicted octanol–water partition coefficient (Wildman–Crippen LogP) is 1.69. The third kappa shape index (κ3) is 5.75. The van der Waals surface area contributed by atoms with Crippen LogP contribution >= 0.6 is 0 Å². The predicted molar refractivity (Wildman–Crippen MR) is 100 cm³/mol. The van der Waals surface area contributed by atoms with Gasteiger partial charge in [-0.05, 0) is 25.7 Å². The summed E-state index contributed by atoms with van der Waals surface area (Å²) in [4.78, 5) is 39.2. The molecule has 0 aliphatic carbocycles. The zero-order valence-corrected chi connectivity index (χ0v) is 17.2. The molecule has 0 radical (unpaired) electrons. The molecule has 8 heteroatoms. The molecule has 2 saturated heterocycles. The normalized spacial score (nSPS) is 26.5.